The van der Waals surface area contributed by atoms with Crippen molar-refractivity contribution in [2.24, 2.45) is 0 Å². The fourth-order valence-corrected chi connectivity index (χ4v) is 3.17. The average Bonchev–Trinajstić information content (AvgIpc) is 2.74. The van der Waals surface area contributed by atoms with E-state index < -0.39 is 0 Å². The van der Waals surface area contributed by atoms with E-state index in [0.717, 1.165) is 16.5 Å². The molecule has 2 heterocycles. The van der Waals surface area contributed by atoms with Gasteiger partial charge in [-0.2, -0.15) is 0 Å². The van der Waals surface area contributed by atoms with Crippen LogP contribution in [0.15, 0.2) is 66.9 Å². The molecule has 0 saturated heterocycles. The van der Waals surface area contributed by atoms with Gasteiger partial charge in [0, 0.05) is 36.4 Å². The molecule has 146 valence electrons. The van der Waals surface area contributed by atoms with Crippen LogP contribution in [0.3, 0.4) is 0 Å². The first-order chi connectivity index (χ1) is 14.1. The predicted octanol–water partition coefficient (Wildman–Crippen LogP) is 4.78. The summed E-state index contributed by atoms with van der Waals surface area (Å²) >= 11 is 0. The van der Waals surface area contributed by atoms with Gasteiger partial charge in [-0.25, -0.2) is 9.37 Å². The summed E-state index contributed by atoms with van der Waals surface area (Å²) in [6.45, 7) is 0.794. The minimum absolute atomic E-state index is 0.232. The lowest BCUT2D eigenvalue weighted by molar-refractivity contribution is 0.181. The minimum Gasteiger partial charge on any atom is -0.396 e. The van der Waals surface area contributed by atoms with Crippen molar-refractivity contribution in [1.82, 2.24) is 9.97 Å². The summed E-state index contributed by atoms with van der Waals surface area (Å²) in [7, 11) is 1.54. The largest absolute Gasteiger partial charge is 0.396 e. The van der Waals surface area contributed by atoms with Gasteiger partial charge in [0.15, 0.2) is 0 Å². The molecule has 0 fully saturated rings. The molecule has 2 aromatic carbocycles. The third kappa shape index (κ3) is 4.17. The number of ether oxygens (including phenoxy) is 1. The lowest BCUT2D eigenvalue weighted by Gasteiger charge is -2.12. The topological polar surface area (TPSA) is 73.1 Å². The number of anilines is 2. The van der Waals surface area contributed by atoms with Gasteiger partial charge < -0.3 is 15.8 Å². The van der Waals surface area contributed by atoms with Crippen LogP contribution >= 0.6 is 0 Å². The van der Waals surface area contributed by atoms with Crippen molar-refractivity contribution < 1.29 is 9.13 Å². The van der Waals surface area contributed by atoms with Crippen LogP contribution in [0.4, 0.5) is 15.9 Å². The smallest absolute Gasteiger partial charge is 0.150 e. The molecule has 0 aliphatic rings. The van der Waals surface area contributed by atoms with Gasteiger partial charge in [0.2, 0.25) is 0 Å². The van der Waals surface area contributed by atoms with Gasteiger partial charge in [-0.1, -0.05) is 24.3 Å². The van der Waals surface area contributed by atoms with Crippen molar-refractivity contribution in [3.05, 3.63) is 83.8 Å². The molecule has 0 saturated carbocycles. The molecule has 4 rings (SSSR count). The van der Waals surface area contributed by atoms with Crippen molar-refractivity contribution in [1.29, 1.82) is 0 Å². The second-order valence-corrected chi connectivity index (χ2v) is 6.76. The first-order valence-electron chi connectivity index (χ1n) is 9.26. The van der Waals surface area contributed by atoms with E-state index in [1.807, 2.05) is 30.3 Å². The van der Waals surface area contributed by atoms with Gasteiger partial charge in [0.25, 0.3) is 0 Å². The number of aromatic nitrogens is 2. The van der Waals surface area contributed by atoms with Crippen LogP contribution in [-0.2, 0) is 17.9 Å². The number of methoxy groups -OCH3 is 1. The Morgan fingerprint density at radius 3 is 2.79 bits per heavy atom. The van der Waals surface area contributed by atoms with Crippen molar-refractivity contribution in [3.8, 4) is 11.3 Å². The normalized spacial score (nSPS) is 11.0. The van der Waals surface area contributed by atoms with Crippen LogP contribution in [-0.4, -0.2) is 17.1 Å². The molecule has 3 N–H and O–H groups in total. The molecule has 0 radical (unpaired) electrons. The SMILES string of the molecule is COCc1ccc(-c2ccc(N)c(NCc3ccc4ncccc4c3)n2)cc1F. The van der Waals surface area contributed by atoms with Crippen molar-refractivity contribution in [2.45, 2.75) is 13.2 Å². The fourth-order valence-electron chi connectivity index (χ4n) is 3.17. The molecule has 0 spiro atoms. The average molecular weight is 388 g/mol. The fraction of sp³-hybridized carbons (Fsp3) is 0.130. The maximum Gasteiger partial charge on any atom is 0.150 e. The van der Waals surface area contributed by atoms with Crippen molar-refractivity contribution in [2.75, 3.05) is 18.2 Å². The molecular formula is C23H21FN4O. The standard InChI is InChI=1S/C23H21FN4O/c1-29-14-18-6-5-17(12-19(18)24)22-9-7-20(25)23(28-22)27-13-15-4-8-21-16(11-15)3-2-10-26-21/h2-12H,13-14,25H2,1H3,(H,27,28). The van der Waals surface area contributed by atoms with E-state index in [4.69, 9.17) is 10.5 Å². The van der Waals surface area contributed by atoms with Gasteiger partial charge >= 0.3 is 0 Å². The molecule has 6 heteroatoms. The maximum absolute atomic E-state index is 14.2. The number of nitrogen functional groups attached to an aromatic ring is 1. The van der Waals surface area contributed by atoms with E-state index in [2.05, 4.69) is 21.4 Å². The van der Waals surface area contributed by atoms with Gasteiger partial charge in [-0.3, -0.25) is 4.98 Å². The molecule has 0 aliphatic heterocycles. The highest BCUT2D eigenvalue weighted by Gasteiger charge is 2.09. The highest BCUT2D eigenvalue weighted by atomic mass is 19.1. The van der Waals surface area contributed by atoms with Gasteiger partial charge in [-0.15, -0.1) is 0 Å². The van der Waals surface area contributed by atoms with E-state index in [1.165, 1.54) is 6.07 Å². The second-order valence-electron chi connectivity index (χ2n) is 6.76. The molecule has 0 amide bonds. The third-order valence-corrected chi connectivity index (χ3v) is 4.70. The summed E-state index contributed by atoms with van der Waals surface area (Å²) in [6.07, 6.45) is 1.78. The molecular weight excluding hydrogens is 367 g/mol. The third-order valence-electron chi connectivity index (χ3n) is 4.70. The van der Waals surface area contributed by atoms with E-state index in [1.54, 1.807) is 31.5 Å². The summed E-state index contributed by atoms with van der Waals surface area (Å²) < 4.78 is 19.3. The molecule has 0 bridgehead atoms. The molecule has 0 unspecified atom stereocenters. The maximum atomic E-state index is 14.2. The van der Waals surface area contributed by atoms with Crippen LogP contribution in [0.25, 0.3) is 22.2 Å². The van der Waals surface area contributed by atoms with Gasteiger partial charge in [0.1, 0.15) is 11.6 Å². The van der Waals surface area contributed by atoms with Crippen LogP contribution in [0, 0.1) is 5.82 Å². The first kappa shape index (κ1) is 18.8. The minimum atomic E-state index is -0.317. The summed E-state index contributed by atoms with van der Waals surface area (Å²) in [5.74, 6) is 0.248. The van der Waals surface area contributed by atoms with E-state index >= 15 is 0 Å². The number of halogens is 1. The summed E-state index contributed by atoms with van der Waals surface area (Å²) in [4.78, 5) is 8.92. The molecule has 5 nitrogen and oxygen atoms in total. The van der Waals surface area contributed by atoms with E-state index in [-0.39, 0.29) is 12.4 Å². The molecule has 29 heavy (non-hydrogen) atoms. The second kappa shape index (κ2) is 8.24. The summed E-state index contributed by atoms with van der Waals surface area (Å²) in [6, 6.07) is 18.6. The Bertz CT molecular complexity index is 1160. The number of fused-ring (bicyclic) bond motifs is 1. The Hall–Kier alpha value is -3.51. The Morgan fingerprint density at radius 2 is 1.97 bits per heavy atom. The predicted molar refractivity (Wildman–Crippen MR) is 114 cm³/mol. The number of nitrogens with two attached hydrogens (primary N) is 1. The number of nitrogens with zero attached hydrogens (tertiary/aromatic N) is 2. The Kier molecular flexibility index (Phi) is 5.35. The lowest BCUT2D eigenvalue weighted by atomic mass is 10.1. The van der Waals surface area contributed by atoms with Crippen LogP contribution in [0.2, 0.25) is 0 Å². The van der Waals surface area contributed by atoms with E-state index in [9.17, 15) is 4.39 Å². The first-order valence-corrected chi connectivity index (χ1v) is 9.26. The number of hydrogen-bond acceptors (Lipinski definition) is 5. The van der Waals surface area contributed by atoms with E-state index in [0.29, 0.717) is 34.9 Å². The number of hydrogen-bond donors (Lipinski definition) is 2. The summed E-state index contributed by atoms with van der Waals surface area (Å²) in [5, 5.41) is 4.36. The molecule has 0 aliphatic carbocycles. The van der Waals surface area contributed by atoms with Crippen molar-refractivity contribution in [3.63, 3.8) is 0 Å². The van der Waals surface area contributed by atoms with Gasteiger partial charge in [0.05, 0.1) is 23.5 Å². The number of benzene rings is 2. The van der Waals surface area contributed by atoms with Crippen LogP contribution in [0.5, 0.6) is 0 Å². The highest BCUT2D eigenvalue weighted by Crippen LogP contribution is 2.26. The molecule has 4 aromatic rings. The molecule has 2 aromatic heterocycles. The lowest BCUT2D eigenvalue weighted by Crippen LogP contribution is -2.05. The Labute approximate surface area is 168 Å². The Morgan fingerprint density at radius 1 is 1.07 bits per heavy atom. The monoisotopic (exact) mass is 388 g/mol. The summed E-state index contributed by atoms with van der Waals surface area (Å²) in [5.41, 5.74) is 10.5. The zero-order chi connectivity index (χ0) is 20.2. The zero-order valence-electron chi connectivity index (χ0n) is 16.0. The highest BCUT2D eigenvalue weighted by molar-refractivity contribution is 5.79. The molecule has 0 atom stereocenters. The number of pyridine rings is 2. The zero-order valence-corrected chi connectivity index (χ0v) is 16.0. The van der Waals surface area contributed by atoms with Crippen LogP contribution < -0.4 is 11.1 Å². The number of rotatable bonds is 6. The van der Waals surface area contributed by atoms with Crippen molar-refractivity contribution >= 4 is 22.4 Å². The Balaban J connectivity index is 1.55. The van der Waals surface area contributed by atoms with Gasteiger partial charge in [-0.05, 0) is 42.0 Å². The van der Waals surface area contributed by atoms with Crippen LogP contribution in [0.1, 0.15) is 11.1 Å². The number of nitrogens with one attached hydrogen (secondary N) is 1. The quantitative estimate of drug-likeness (QED) is 0.497.